The Morgan fingerprint density at radius 3 is 2.80 bits per heavy atom. The fourth-order valence-electron chi connectivity index (χ4n) is 1.35. The lowest BCUT2D eigenvalue weighted by Crippen LogP contribution is -2.49. The number of carbonyl (C=O) groups is 1. The summed E-state index contributed by atoms with van der Waals surface area (Å²) in [6, 6.07) is 0.0168. The van der Waals surface area contributed by atoms with E-state index in [-0.39, 0.29) is 11.9 Å². The molecule has 1 saturated heterocycles. The number of carbonyl (C=O) groups excluding carboxylic acids is 1. The Labute approximate surface area is 96.8 Å². The van der Waals surface area contributed by atoms with E-state index in [1.807, 2.05) is 11.8 Å². The molecule has 4 heteroatoms. The molecule has 0 aliphatic carbocycles. The number of amides is 1. The van der Waals surface area contributed by atoms with Crippen LogP contribution in [-0.4, -0.2) is 36.5 Å². The molecule has 0 aromatic rings. The molecule has 88 valence electrons. The molecule has 2 atom stereocenters. The molecule has 1 heterocycles. The summed E-state index contributed by atoms with van der Waals surface area (Å²) in [6.45, 7) is 8.28. The van der Waals surface area contributed by atoms with Crippen molar-refractivity contribution < 1.29 is 4.79 Å². The average molecular weight is 230 g/mol. The standard InChI is InChI=1S/C11H22N2OS/c1-8(2)9(3)6-13-11(14)10-7-15-5-4-12-10/h8-10,12H,4-7H2,1-3H3,(H,13,14). The molecular weight excluding hydrogens is 208 g/mol. The smallest absolute Gasteiger partial charge is 0.238 e. The molecular formula is C11H22N2OS. The molecule has 2 N–H and O–H groups in total. The molecule has 0 radical (unpaired) electrons. The van der Waals surface area contributed by atoms with Crippen molar-refractivity contribution in [3.63, 3.8) is 0 Å². The topological polar surface area (TPSA) is 41.1 Å². The molecule has 3 nitrogen and oxygen atoms in total. The predicted octanol–water partition coefficient (Wildman–Crippen LogP) is 1.10. The molecule has 0 bridgehead atoms. The average Bonchev–Trinajstić information content (AvgIpc) is 2.26. The fraction of sp³-hybridized carbons (Fsp3) is 0.909. The zero-order valence-corrected chi connectivity index (χ0v) is 10.7. The SMILES string of the molecule is CC(C)C(C)CNC(=O)C1CSCCN1. The lowest BCUT2D eigenvalue weighted by molar-refractivity contribution is -0.122. The van der Waals surface area contributed by atoms with Crippen molar-refractivity contribution in [1.82, 2.24) is 10.6 Å². The molecule has 1 fully saturated rings. The fourth-order valence-corrected chi connectivity index (χ4v) is 2.29. The molecule has 0 aromatic heterocycles. The normalized spacial score (nSPS) is 23.9. The van der Waals surface area contributed by atoms with Gasteiger partial charge in [-0.1, -0.05) is 20.8 Å². The van der Waals surface area contributed by atoms with Crippen molar-refractivity contribution in [2.75, 3.05) is 24.6 Å². The third-order valence-corrected chi connectivity index (χ3v) is 4.04. The monoisotopic (exact) mass is 230 g/mol. The highest BCUT2D eigenvalue weighted by Gasteiger charge is 2.21. The van der Waals surface area contributed by atoms with Gasteiger partial charge < -0.3 is 10.6 Å². The Morgan fingerprint density at radius 1 is 1.53 bits per heavy atom. The van der Waals surface area contributed by atoms with Crippen molar-refractivity contribution >= 4 is 17.7 Å². The van der Waals surface area contributed by atoms with E-state index in [4.69, 9.17) is 0 Å². The van der Waals surface area contributed by atoms with Gasteiger partial charge in [0.25, 0.3) is 0 Å². The quantitative estimate of drug-likeness (QED) is 0.760. The van der Waals surface area contributed by atoms with Crippen molar-refractivity contribution in [1.29, 1.82) is 0 Å². The minimum Gasteiger partial charge on any atom is -0.354 e. The van der Waals surface area contributed by atoms with Crippen LogP contribution >= 0.6 is 11.8 Å². The van der Waals surface area contributed by atoms with Crippen LogP contribution in [0.25, 0.3) is 0 Å². The molecule has 2 unspecified atom stereocenters. The van der Waals surface area contributed by atoms with Gasteiger partial charge in [0.1, 0.15) is 0 Å². The minimum absolute atomic E-state index is 0.0168. The van der Waals surface area contributed by atoms with Gasteiger partial charge in [0.05, 0.1) is 6.04 Å². The second-order valence-corrected chi connectivity index (χ2v) is 5.70. The van der Waals surface area contributed by atoms with Gasteiger partial charge in [0.2, 0.25) is 5.91 Å². The molecule has 1 aliphatic heterocycles. The van der Waals surface area contributed by atoms with E-state index in [1.54, 1.807) is 0 Å². The summed E-state index contributed by atoms with van der Waals surface area (Å²) in [5.74, 6) is 3.35. The van der Waals surface area contributed by atoms with Gasteiger partial charge in [-0.25, -0.2) is 0 Å². The highest BCUT2D eigenvalue weighted by molar-refractivity contribution is 7.99. The van der Waals surface area contributed by atoms with E-state index in [9.17, 15) is 4.79 Å². The van der Waals surface area contributed by atoms with Gasteiger partial charge in [-0.05, 0) is 11.8 Å². The lowest BCUT2D eigenvalue weighted by Gasteiger charge is -2.23. The summed E-state index contributed by atoms with van der Waals surface area (Å²) < 4.78 is 0. The van der Waals surface area contributed by atoms with E-state index in [0.717, 1.165) is 24.6 Å². The third-order valence-electron chi connectivity index (χ3n) is 2.97. The van der Waals surface area contributed by atoms with Gasteiger partial charge in [-0.2, -0.15) is 11.8 Å². The van der Waals surface area contributed by atoms with Crippen LogP contribution in [0.3, 0.4) is 0 Å². The van der Waals surface area contributed by atoms with Gasteiger partial charge in [0, 0.05) is 24.6 Å². The molecule has 15 heavy (non-hydrogen) atoms. The van der Waals surface area contributed by atoms with Crippen LogP contribution in [0.5, 0.6) is 0 Å². The van der Waals surface area contributed by atoms with Crippen LogP contribution in [0.4, 0.5) is 0 Å². The Bertz CT molecular complexity index is 203. The zero-order chi connectivity index (χ0) is 11.3. The van der Waals surface area contributed by atoms with E-state index < -0.39 is 0 Å². The number of hydrogen-bond acceptors (Lipinski definition) is 3. The minimum atomic E-state index is 0.0168. The van der Waals surface area contributed by atoms with Crippen molar-refractivity contribution in [3.05, 3.63) is 0 Å². The molecule has 1 aliphatic rings. The number of rotatable bonds is 4. The summed E-state index contributed by atoms with van der Waals surface area (Å²) in [4.78, 5) is 11.7. The predicted molar refractivity (Wildman–Crippen MR) is 66.1 cm³/mol. The molecule has 1 rings (SSSR count). The first-order valence-electron chi connectivity index (χ1n) is 5.70. The maximum absolute atomic E-state index is 11.7. The first kappa shape index (κ1) is 12.8. The highest BCUT2D eigenvalue weighted by atomic mass is 32.2. The van der Waals surface area contributed by atoms with Crippen molar-refractivity contribution in [2.24, 2.45) is 11.8 Å². The number of thioether (sulfide) groups is 1. The van der Waals surface area contributed by atoms with Crippen LogP contribution < -0.4 is 10.6 Å². The van der Waals surface area contributed by atoms with Gasteiger partial charge >= 0.3 is 0 Å². The van der Waals surface area contributed by atoms with Crippen LogP contribution in [0.15, 0.2) is 0 Å². The maximum Gasteiger partial charge on any atom is 0.238 e. The number of nitrogens with one attached hydrogen (secondary N) is 2. The van der Waals surface area contributed by atoms with E-state index >= 15 is 0 Å². The van der Waals surface area contributed by atoms with E-state index in [0.29, 0.717) is 11.8 Å². The van der Waals surface area contributed by atoms with Crippen LogP contribution in [-0.2, 0) is 4.79 Å². The third kappa shape index (κ3) is 4.43. The first-order chi connectivity index (χ1) is 7.11. The zero-order valence-electron chi connectivity index (χ0n) is 9.88. The van der Waals surface area contributed by atoms with Gasteiger partial charge in [-0.15, -0.1) is 0 Å². The highest BCUT2D eigenvalue weighted by Crippen LogP contribution is 2.09. The Kier molecular flexibility index (Phi) is 5.47. The molecule has 1 amide bonds. The largest absolute Gasteiger partial charge is 0.354 e. The van der Waals surface area contributed by atoms with Crippen LogP contribution in [0.2, 0.25) is 0 Å². The van der Waals surface area contributed by atoms with Crippen LogP contribution in [0, 0.1) is 11.8 Å². The van der Waals surface area contributed by atoms with Crippen molar-refractivity contribution in [3.8, 4) is 0 Å². The Morgan fingerprint density at radius 2 is 2.27 bits per heavy atom. The molecule has 0 aromatic carbocycles. The first-order valence-corrected chi connectivity index (χ1v) is 6.85. The van der Waals surface area contributed by atoms with Gasteiger partial charge in [0.15, 0.2) is 0 Å². The summed E-state index contributed by atoms with van der Waals surface area (Å²) in [5.41, 5.74) is 0. The van der Waals surface area contributed by atoms with E-state index in [2.05, 4.69) is 31.4 Å². The van der Waals surface area contributed by atoms with Gasteiger partial charge in [-0.3, -0.25) is 4.79 Å². The molecule has 0 saturated carbocycles. The summed E-state index contributed by atoms with van der Waals surface area (Å²) in [6.07, 6.45) is 0. The van der Waals surface area contributed by atoms with E-state index in [1.165, 1.54) is 0 Å². The maximum atomic E-state index is 11.7. The Hall–Kier alpha value is -0.220. The van der Waals surface area contributed by atoms with Crippen molar-refractivity contribution in [2.45, 2.75) is 26.8 Å². The Balaban J connectivity index is 2.22. The molecule has 0 spiro atoms. The number of hydrogen-bond donors (Lipinski definition) is 2. The summed E-state index contributed by atoms with van der Waals surface area (Å²) in [5, 5.41) is 6.26. The second-order valence-electron chi connectivity index (χ2n) is 4.55. The summed E-state index contributed by atoms with van der Waals surface area (Å²) in [7, 11) is 0. The lowest BCUT2D eigenvalue weighted by atomic mass is 9.98. The van der Waals surface area contributed by atoms with Crippen LogP contribution in [0.1, 0.15) is 20.8 Å². The summed E-state index contributed by atoms with van der Waals surface area (Å²) >= 11 is 1.85. The second kappa shape index (κ2) is 6.38.